The van der Waals surface area contributed by atoms with Gasteiger partial charge < -0.3 is 4.57 Å². The Morgan fingerprint density at radius 3 is 2.65 bits per heavy atom. The summed E-state index contributed by atoms with van der Waals surface area (Å²) < 4.78 is 2.14. The fraction of sp³-hybridized carbons (Fsp3) is 0.0625. The van der Waals surface area contributed by atoms with Crippen LogP contribution in [0.2, 0.25) is 10.0 Å². The summed E-state index contributed by atoms with van der Waals surface area (Å²) in [5, 5.41) is 3.46. The lowest BCUT2D eigenvalue weighted by molar-refractivity contribution is 0.967. The molecule has 4 rings (SSSR count). The second kappa shape index (κ2) is 4.11. The van der Waals surface area contributed by atoms with Gasteiger partial charge in [-0.1, -0.05) is 41.4 Å². The second-order valence-electron chi connectivity index (χ2n) is 4.86. The van der Waals surface area contributed by atoms with Crippen LogP contribution in [-0.4, -0.2) is 9.55 Å². The molecule has 0 unspecified atom stereocenters. The SMILES string of the molecule is Cn1c2c3ccc(Cl)cc3nc-2c(Cl)c2ccccc21. The molecule has 0 radical (unpaired) electrons. The van der Waals surface area contributed by atoms with Crippen molar-refractivity contribution in [1.29, 1.82) is 0 Å². The molecule has 20 heavy (non-hydrogen) atoms. The third kappa shape index (κ3) is 1.49. The molecule has 2 aromatic carbocycles. The van der Waals surface area contributed by atoms with Crippen molar-refractivity contribution in [1.82, 2.24) is 9.55 Å². The highest BCUT2D eigenvalue weighted by Gasteiger charge is 2.20. The molecule has 2 aromatic rings. The van der Waals surface area contributed by atoms with Crippen LogP contribution in [0.25, 0.3) is 33.2 Å². The molecule has 0 saturated heterocycles. The molecule has 0 aromatic heterocycles. The van der Waals surface area contributed by atoms with E-state index in [0.717, 1.165) is 33.2 Å². The van der Waals surface area contributed by atoms with Gasteiger partial charge in [0.25, 0.3) is 0 Å². The summed E-state index contributed by atoms with van der Waals surface area (Å²) in [7, 11) is 2.04. The van der Waals surface area contributed by atoms with Gasteiger partial charge in [0.05, 0.1) is 16.2 Å². The van der Waals surface area contributed by atoms with E-state index < -0.39 is 0 Å². The zero-order valence-corrected chi connectivity index (χ0v) is 12.2. The van der Waals surface area contributed by atoms with Crippen LogP contribution in [0.1, 0.15) is 0 Å². The van der Waals surface area contributed by atoms with Crippen LogP contribution >= 0.6 is 23.2 Å². The molecule has 0 fully saturated rings. The number of pyridine rings is 1. The number of benzene rings is 2. The molecule has 4 heteroatoms. The zero-order chi connectivity index (χ0) is 13.9. The van der Waals surface area contributed by atoms with E-state index in [9.17, 15) is 0 Å². The van der Waals surface area contributed by atoms with Gasteiger partial charge >= 0.3 is 0 Å². The lowest BCUT2D eigenvalue weighted by Crippen LogP contribution is -1.99. The molecule has 2 aliphatic heterocycles. The maximum atomic E-state index is 6.55. The minimum atomic E-state index is 0.684. The van der Waals surface area contributed by atoms with Crippen molar-refractivity contribution in [2.75, 3.05) is 0 Å². The molecule has 0 bridgehead atoms. The highest BCUT2D eigenvalue weighted by Crippen LogP contribution is 2.40. The lowest BCUT2D eigenvalue weighted by atomic mass is 10.1. The first kappa shape index (κ1) is 12.0. The smallest absolute Gasteiger partial charge is 0.107 e. The summed E-state index contributed by atoms with van der Waals surface area (Å²) in [5.74, 6) is 0. The predicted molar refractivity (Wildman–Crippen MR) is 84.9 cm³/mol. The van der Waals surface area contributed by atoms with E-state index in [4.69, 9.17) is 23.2 Å². The number of aromatic nitrogens is 2. The molecule has 2 heterocycles. The normalized spacial score (nSPS) is 11.8. The van der Waals surface area contributed by atoms with Crippen molar-refractivity contribution in [3.63, 3.8) is 0 Å². The quantitative estimate of drug-likeness (QED) is 0.440. The van der Waals surface area contributed by atoms with Gasteiger partial charge in [0, 0.05) is 28.4 Å². The molecule has 0 atom stereocenters. The fourth-order valence-electron chi connectivity index (χ4n) is 2.79. The Balaban J connectivity index is 2.31. The highest BCUT2D eigenvalue weighted by molar-refractivity contribution is 6.38. The Morgan fingerprint density at radius 2 is 1.80 bits per heavy atom. The van der Waals surface area contributed by atoms with Gasteiger partial charge in [-0.25, -0.2) is 4.98 Å². The van der Waals surface area contributed by atoms with E-state index >= 15 is 0 Å². The third-order valence-corrected chi connectivity index (χ3v) is 4.33. The predicted octanol–water partition coefficient (Wildman–Crippen LogP) is 5.14. The first-order valence-electron chi connectivity index (χ1n) is 6.28. The van der Waals surface area contributed by atoms with Crippen molar-refractivity contribution in [3.05, 3.63) is 52.5 Å². The summed E-state index contributed by atoms with van der Waals surface area (Å²) in [6.07, 6.45) is 0. The van der Waals surface area contributed by atoms with Gasteiger partial charge in [-0.15, -0.1) is 0 Å². The van der Waals surface area contributed by atoms with Gasteiger partial charge in [0.2, 0.25) is 0 Å². The maximum absolute atomic E-state index is 6.55. The molecule has 0 aliphatic carbocycles. The average Bonchev–Trinajstić information content (AvgIpc) is 2.83. The molecular weight excluding hydrogens is 291 g/mol. The van der Waals surface area contributed by atoms with E-state index in [-0.39, 0.29) is 0 Å². The zero-order valence-electron chi connectivity index (χ0n) is 10.7. The number of fused-ring (bicyclic) bond motifs is 4. The number of hydrogen-bond acceptors (Lipinski definition) is 1. The maximum Gasteiger partial charge on any atom is 0.107 e. The molecule has 0 amide bonds. The van der Waals surface area contributed by atoms with Crippen molar-refractivity contribution in [3.8, 4) is 11.4 Å². The van der Waals surface area contributed by atoms with E-state index in [0.29, 0.717) is 10.0 Å². The van der Waals surface area contributed by atoms with E-state index in [1.54, 1.807) is 0 Å². The monoisotopic (exact) mass is 300 g/mol. The summed E-state index contributed by atoms with van der Waals surface area (Å²) >= 11 is 12.6. The summed E-state index contributed by atoms with van der Waals surface area (Å²) in [6.45, 7) is 0. The Bertz CT molecular complexity index is 940. The largest absolute Gasteiger partial charge is 0.342 e. The van der Waals surface area contributed by atoms with Crippen LogP contribution in [0.3, 0.4) is 0 Å². The average molecular weight is 301 g/mol. The third-order valence-electron chi connectivity index (χ3n) is 3.72. The van der Waals surface area contributed by atoms with Crippen molar-refractivity contribution < 1.29 is 0 Å². The molecule has 2 aliphatic rings. The fourth-order valence-corrected chi connectivity index (χ4v) is 3.25. The van der Waals surface area contributed by atoms with E-state index in [1.165, 1.54) is 0 Å². The van der Waals surface area contributed by atoms with Gasteiger partial charge in [-0.3, -0.25) is 0 Å². The molecule has 0 N–H and O–H groups in total. The minimum absolute atomic E-state index is 0.684. The number of rotatable bonds is 0. The lowest BCUT2D eigenvalue weighted by Gasteiger charge is -2.14. The molecule has 98 valence electrons. The van der Waals surface area contributed by atoms with Crippen molar-refractivity contribution >= 4 is 45.0 Å². The van der Waals surface area contributed by atoms with E-state index in [2.05, 4.69) is 15.6 Å². The van der Waals surface area contributed by atoms with Gasteiger partial charge in [0.15, 0.2) is 0 Å². The number of aryl methyl sites for hydroxylation is 1. The van der Waals surface area contributed by atoms with Crippen LogP contribution in [0.4, 0.5) is 0 Å². The first-order chi connectivity index (χ1) is 9.66. The number of nitrogens with zero attached hydrogens (tertiary/aromatic N) is 2. The summed E-state index contributed by atoms with van der Waals surface area (Å²) in [6, 6.07) is 13.8. The Morgan fingerprint density at radius 1 is 1.00 bits per heavy atom. The number of hydrogen-bond donors (Lipinski definition) is 0. The number of halogens is 2. The summed E-state index contributed by atoms with van der Waals surface area (Å²) in [5.41, 5.74) is 3.83. The Hall–Kier alpha value is -1.77. The van der Waals surface area contributed by atoms with Crippen LogP contribution in [-0.2, 0) is 7.05 Å². The first-order valence-corrected chi connectivity index (χ1v) is 7.04. The highest BCUT2D eigenvalue weighted by atomic mass is 35.5. The van der Waals surface area contributed by atoms with Gasteiger partial charge in [-0.2, -0.15) is 0 Å². The molecular formula is C16H10Cl2N2. The standard InChI is InChI=1S/C16H10Cl2N2/c1-20-13-5-3-2-4-11(13)14(18)15-16(20)10-7-6-9(17)8-12(10)19-15/h2-8H,1H3. The second-order valence-corrected chi connectivity index (χ2v) is 5.68. The van der Waals surface area contributed by atoms with Crippen LogP contribution in [0, 0.1) is 0 Å². The molecule has 0 saturated carbocycles. The van der Waals surface area contributed by atoms with E-state index in [1.807, 2.05) is 43.4 Å². The Kier molecular flexibility index (Phi) is 2.47. The van der Waals surface area contributed by atoms with Gasteiger partial charge in [0.1, 0.15) is 5.69 Å². The van der Waals surface area contributed by atoms with Crippen molar-refractivity contribution in [2.45, 2.75) is 0 Å². The minimum Gasteiger partial charge on any atom is -0.342 e. The van der Waals surface area contributed by atoms with Crippen LogP contribution in [0.5, 0.6) is 0 Å². The molecule has 0 spiro atoms. The molecule has 2 nitrogen and oxygen atoms in total. The Labute approximate surface area is 125 Å². The van der Waals surface area contributed by atoms with Gasteiger partial charge in [-0.05, 0) is 24.3 Å². The van der Waals surface area contributed by atoms with Crippen LogP contribution in [0.15, 0.2) is 42.5 Å². The number of para-hydroxylation sites is 1. The van der Waals surface area contributed by atoms with Crippen LogP contribution < -0.4 is 0 Å². The summed E-state index contributed by atoms with van der Waals surface area (Å²) in [4.78, 5) is 4.65. The topological polar surface area (TPSA) is 17.8 Å². The van der Waals surface area contributed by atoms with Crippen molar-refractivity contribution in [2.24, 2.45) is 7.05 Å².